The first-order valence-electron chi connectivity index (χ1n) is 5.33. The van der Waals surface area contributed by atoms with E-state index in [0.29, 0.717) is 0 Å². The molecule has 1 aliphatic rings. The number of nitrogens with zero attached hydrogens (tertiary/aromatic N) is 1. The van der Waals surface area contributed by atoms with Crippen LogP contribution in [0.15, 0.2) is 18.2 Å². The van der Waals surface area contributed by atoms with Gasteiger partial charge in [0, 0.05) is 6.54 Å². The Hall–Kier alpha value is -1.02. The standard InChI is InChI=1S/C10H13NO.C2H6/c1-8-4-5-9-3-2-6-11(12)10(9)7-8;1-2/h4-5,7,12H,2-3,6H2,1H3;1-2H3. The lowest BCUT2D eigenvalue weighted by atomic mass is 10.0. The van der Waals surface area contributed by atoms with Crippen LogP contribution in [-0.2, 0) is 6.42 Å². The van der Waals surface area contributed by atoms with Gasteiger partial charge in [0.05, 0.1) is 5.69 Å². The van der Waals surface area contributed by atoms with E-state index in [-0.39, 0.29) is 0 Å². The second-order valence-electron chi connectivity index (χ2n) is 3.36. The molecule has 0 unspecified atom stereocenters. The number of aryl methyl sites for hydroxylation is 2. The van der Waals surface area contributed by atoms with Crippen LogP contribution in [0.3, 0.4) is 0 Å². The van der Waals surface area contributed by atoms with Crippen LogP contribution in [0.1, 0.15) is 31.4 Å². The molecule has 2 heteroatoms. The molecular formula is C12H19NO. The molecule has 0 spiro atoms. The van der Waals surface area contributed by atoms with Crippen molar-refractivity contribution in [2.75, 3.05) is 11.6 Å². The first kappa shape index (κ1) is 11.1. The Morgan fingerprint density at radius 1 is 1.29 bits per heavy atom. The first-order chi connectivity index (χ1) is 6.77. The van der Waals surface area contributed by atoms with Gasteiger partial charge in [-0.3, -0.25) is 10.3 Å². The number of anilines is 1. The highest BCUT2D eigenvalue weighted by atomic mass is 16.5. The van der Waals surface area contributed by atoms with E-state index in [1.807, 2.05) is 26.8 Å². The zero-order valence-electron chi connectivity index (χ0n) is 9.25. The quantitative estimate of drug-likeness (QED) is 0.684. The molecule has 0 saturated carbocycles. The van der Waals surface area contributed by atoms with Crippen molar-refractivity contribution >= 4 is 5.69 Å². The van der Waals surface area contributed by atoms with Gasteiger partial charge in [0.25, 0.3) is 0 Å². The second-order valence-corrected chi connectivity index (χ2v) is 3.36. The third kappa shape index (κ3) is 2.26. The summed E-state index contributed by atoms with van der Waals surface area (Å²) in [6, 6.07) is 6.24. The lowest BCUT2D eigenvalue weighted by molar-refractivity contribution is 0.246. The molecule has 0 aromatic heterocycles. The second kappa shape index (κ2) is 5.01. The maximum absolute atomic E-state index is 9.52. The van der Waals surface area contributed by atoms with E-state index in [1.54, 1.807) is 0 Å². The van der Waals surface area contributed by atoms with Crippen LogP contribution < -0.4 is 5.06 Å². The molecule has 0 fully saturated rings. The van der Waals surface area contributed by atoms with Gasteiger partial charge in [-0.05, 0) is 37.0 Å². The summed E-state index contributed by atoms with van der Waals surface area (Å²) in [5.74, 6) is 0. The van der Waals surface area contributed by atoms with E-state index in [9.17, 15) is 5.21 Å². The predicted octanol–water partition coefficient (Wildman–Crippen LogP) is 3.16. The van der Waals surface area contributed by atoms with Crippen LogP contribution in [-0.4, -0.2) is 11.8 Å². The molecule has 0 radical (unpaired) electrons. The summed E-state index contributed by atoms with van der Waals surface area (Å²) < 4.78 is 0. The Balaban J connectivity index is 0.000000461. The van der Waals surface area contributed by atoms with Crippen molar-refractivity contribution in [3.8, 4) is 0 Å². The molecule has 14 heavy (non-hydrogen) atoms. The number of benzene rings is 1. The fourth-order valence-corrected chi connectivity index (χ4v) is 1.67. The molecular weight excluding hydrogens is 174 g/mol. The largest absolute Gasteiger partial charge is 0.288 e. The molecule has 1 aromatic carbocycles. The van der Waals surface area contributed by atoms with E-state index >= 15 is 0 Å². The fourth-order valence-electron chi connectivity index (χ4n) is 1.67. The first-order valence-corrected chi connectivity index (χ1v) is 5.33. The summed E-state index contributed by atoms with van der Waals surface area (Å²) in [5, 5.41) is 10.9. The molecule has 0 bridgehead atoms. The number of hydrogen-bond acceptors (Lipinski definition) is 2. The summed E-state index contributed by atoms with van der Waals surface area (Å²) in [4.78, 5) is 0. The normalized spacial score (nSPS) is 14.1. The van der Waals surface area contributed by atoms with Gasteiger partial charge < -0.3 is 0 Å². The molecule has 0 atom stereocenters. The highest BCUT2D eigenvalue weighted by molar-refractivity contribution is 5.54. The van der Waals surface area contributed by atoms with Crippen molar-refractivity contribution in [1.82, 2.24) is 0 Å². The summed E-state index contributed by atoms with van der Waals surface area (Å²) in [5.41, 5.74) is 3.45. The summed E-state index contributed by atoms with van der Waals surface area (Å²) in [7, 11) is 0. The van der Waals surface area contributed by atoms with Crippen molar-refractivity contribution in [3.63, 3.8) is 0 Å². The van der Waals surface area contributed by atoms with Crippen LogP contribution >= 0.6 is 0 Å². The Morgan fingerprint density at radius 2 is 2.00 bits per heavy atom. The molecule has 1 aliphatic heterocycles. The van der Waals surface area contributed by atoms with E-state index in [4.69, 9.17) is 0 Å². The summed E-state index contributed by atoms with van der Waals surface area (Å²) >= 11 is 0. The number of hydroxylamine groups is 1. The Kier molecular flexibility index (Phi) is 3.96. The highest BCUT2D eigenvalue weighted by Crippen LogP contribution is 2.26. The van der Waals surface area contributed by atoms with Gasteiger partial charge in [0.15, 0.2) is 0 Å². The smallest absolute Gasteiger partial charge is 0.0668 e. The van der Waals surface area contributed by atoms with Gasteiger partial charge in [0.1, 0.15) is 0 Å². The lowest BCUT2D eigenvalue weighted by Crippen LogP contribution is -2.25. The Morgan fingerprint density at radius 3 is 2.71 bits per heavy atom. The maximum Gasteiger partial charge on any atom is 0.0668 e. The Labute approximate surface area is 86.1 Å². The third-order valence-corrected chi connectivity index (χ3v) is 2.33. The monoisotopic (exact) mass is 193 g/mol. The van der Waals surface area contributed by atoms with E-state index in [1.165, 1.54) is 16.2 Å². The van der Waals surface area contributed by atoms with E-state index in [0.717, 1.165) is 25.1 Å². The zero-order valence-corrected chi connectivity index (χ0v) is 9.25. The molecule has 1 heterocycles. The zero-order chi connectivity index (χ0) is 10.6. The number of hydrogen-bond donors (Lipinski definition) is 1. The van der Waals surface area contributed by atoms with Gasteiger partial charge >= 0.3 is 0 Å². The average Bonchev–Trinajstić information content (AvgIpc) is 2.22. The Bertz CT molecular complexity index is 296. The summed E-state index contributed by atoms with van der Waals surface area (Å²) in [6.07, 6.45) is 2.14. The van der Waals surface area contributed by atoms with Gasteiger partial charge in [-0.15, -0.1) is 0 Å². The van der Waals surface area contributed by atoms with Crippen LogP contribution in [0.4, 0.5) is 5.69 Å². The van der Waals surface area contributed by atoms with E-state index < -0.39 is 0 Å². The predicted molar refractivity (Wildman–Crippen MR) is 60.0 cm³/mol. The molecule has 0 aliphatic carbocycles. The minimum Gasteiger partial charge on any atom is -0.288 e. The van der Waals surface area contributed by atoms with Crippen LogP contribution in [0.25, 0.3) is 0 Å². The molecule has 0 saturated heterocycles. The lowest BCUT2D eigenvalue weighted by Gasteiger charge is -2.25. The molecule has 2 rings (SSSR count). The third-order valence-electron chi connectivity index (χ3n) is 2.33. The minimum atomic E-state index is 0.760. The highest BCUT2D eigenvalue weighted by Gasteiger charge is 2.14. The van der Waals surface area contributed by atoms with Crippen LogP contribution in [0, 0.1) is 6.92 Å². The molecule has 1 N–H and O–H groups in total. The van der Waals surface area contributed by atoms with Gasteiger partial charge in [-0.25, -0.2) is 0 Å². The van der Waals surface area contributed by atoms with Crippen molar-refractivity contribution in [2.24, 2.45) is 0 Å². The van der Waals surface area contributed by atoms with Gasteiger partial charge in [-0.1, -0.05) is 26.0 Å². The van der Waals surface area contributed by atoms with Crippen molar-refractivity contribution < 1.29 is 5.21 Å². The average molecular weight is 193 g/mol. The van der Waals surface area contributed by atoms with Crippen molar-refractivity contribution in [3.05, 3.63) is 29.3 Å². The molecule has 1 aromatic rings. The number of rotatable bonds is 0. The summed E-state index contributed by atoms with van der Waals surface area (Å²) in [6.45, 7) is 6.80. The topological polar surface area (TPSA) is 23.5 Å². The minimum absolute atomic E-state index is 0.760. The van der Waals surface area contributed by atoms with Gasteiger partial charge in [-0.2, -0.15) is 0 Å². The molecule has 0 amide bonds. The number of fused-ring (bicyclic) bond motifs is 1. The van der Waals surface area contributed by atoms with Crippen molar-refractivity contribution in [1.29, 1.82) is 0 Å². The van der Waals surface area contributed by atoms with E-state index in [2.05, 4.69) is 12.1 Å². The van der Waals surface area contributed by atoms with Crippen LogP contribution in [0.5, 0.6) is 0 Å². The SMILES string of the molecule is CC.Cc1ccc2c(c1)N(O)CCC2. The van der Waals surface area contributed by atoms with Gasteiger partial charge in [0.2, 0.25) is 0 Å². The molecule has 78 valence electrons. The molecule has 2 nitrogen and oxygen atoms in total. The van der Waals surface area contributed by atoms with Crippen molar-refractivity contribution in [2.45, 2.75) is 33.6 Å². The fraction of sp³-hybridized carbons (Fsp3) is 0.500. The maximum atomic E-state index is 9.52. The van der Waals surface area contributed by atoms with Crippen LogP contribution in [0.2, 0.25) is 0 Å².